The number of aromatic nitrogens is 4. The van der Waals surface area contributed by atoms with E-state index in [0.717, 1.165) is 28.0 Å². The van der Waals surface area contributed by atoms with Crippen LogP contribution in [0.25, 0.3) is 17.1 Å². The summed E-state index contributed by atoms with van der Waals surface area (Å²) in [7, 11) is 0. The van der Waals surface area contributed by atoms with E-state index in [1.165, 1.54) is 0 Å². The molecule has 2 aromatic heterocycles. The topological polar surface area (TPSA) is 52.8 Å². The molecule has 0 spiro atoms. The number of pyridine rings is 1. The number of hydrogen-bond acceptors (Lipinski definition) is 5. The molecule has 3 rings (SSSR count). The van der Waals surface area contributed by atoms with Gasteiger partial charge >= 0.3 is 0 Å². The Bertz CT molecular complexity index is 741. The molecule has 0 aliphatic rings. The van der Waals surface area contributed by atoms with Gasteiger partial charge in [-0.05, 0) is 49.6 Å². The van der Waals surface area contributed by atoms with Crippen molar-refractivity contribution >= 4 is 11.8 Å². The minimum atomic E-state index is 0.657. The first-order valence-electron chi connectivity index (χ1n) is 6.96. The van der Waals surface area contributed by atoms with Crippen molar-refractivity contribution in [2.45, 2.75) is 12.1 Å². The first-order chi connectivity index (χ1) is 10.8. The summed E-state index contributed by atoms with van der Waals surface area (Å²) >= 11 is 1.56. The fourth-order valence-corrected chi connectivity index (χ4v) is 2.68. The zero-order valence-corrected chi connectivity index (χ0v) is 13.2. The van der Waals surface area contributed by atoms with Crippen molar-refractivity contribution in [1.29, 1.82) is 0 Å². The molecule has 5 nitrogen and oxygen atoms in total. The Morgan fingerprint density at radius 1 is 1.05 bits per heavy atom. The lowest BCUT2D eigenvalue weighted by Gasteiger charge is -2.10. The Kier molecular flexibility index (Phi) is 4.39. The number of thioether (sulfide) groups is 1. The van der Waals surface area contributed by atoms with Gasteiger partial charge in [0.25, 0.3) is 0 Å². The third kappa shape index (κ3) is 2.82. The Balaban J connectivity index is 2.07. The van der Waals surface area contributed by atoms with Crippen LogP contribution in [0.3, 0.4) is 0 Å². The molecule has 0 unspecified atom stereocenters. The molecule has 0 aliphatic heterocycles. The average Bonchev–Trinajstić information content (AvgIpc) is 3.01. The highest BCUT2D eigenvalue weighted by molar-refractivity contribution is 7.98. The lowest BCUT2D eigenvalue weighted by molar-refractivity contribution is 0.340. The number of ether oxygens (including phenoxy) is 1. The van der Waals surface area contributed by atoms with Crippen LogP contribution in [0.5, 0.6) is 5.75 Å². The molecule has 0 bridgehead atoms. The fraction of sp³-hybridized carbons (Fsp3) is 0.188. The highest BCUT2D eigenvalue weighted by atomic mass is 32.2. The summed E-state index contributed by atoms with van der Waals surface area (Å²) in [5.41, 5.74) is 1.99. The zero-order valence-electron chi connectivity index (χ0n) is 12.4. The molecule has 1 aromatic carbocycles. The van der Waals surface area contributed by atoms with Gasteiger partial charge < -0.3 is 4.74 Å². The van der Waals surface area contributed by atoms with Crippen molar-refractivity contribution in [2.24, 2.45) is 0 Å². The maximum atomic E-state index is 5.50. The summed E-state index contributed by atoms with van der Waals surface area (Å²) in [5.74, 6) is 1.66. The summed E-state index contributed by atoms with van der Waals surface area (Å²) in [6, 6.07) is 11.8. The van der Waals surface area contributed by atoms with Crippen LogP contribution in [-0.2, 0) is 0 Å². The van der Waals surface area contributed by atoms with Crippen molar-refractivity contribution in [3.8, 4) is 22.8 Å². The van der Waals surface area contributed by atoms with Crippen molar-refractivity contribution < 1.29 is 4.74 Å². The van der Waals surface area contributed by atoms with Crippen molar-refractivity contribution in [2.75, 3.05) is 12.9 Å². The Morgan fingerprint density at radius 2 is 1.77 bits per heavy atom. The maximum Gasteiger partial charge on any atom is 0.195 e. The molecule has 0 saturated heterocycles. The van der Waals surface area contributed by atoms with Crippen LogP contribution >= 0.6 is 11.8 Å². The number of hydrogen-bond donors (Lipinski definition) is 0. The van der Waals surface area contributed by atoms with E-state index in [2.05, 4.69) is 15.2 Å². The minimum absolute atomic E-state index is 0.657. The largest absolute Gasteiger partial charge is 0.494 e. The highest BCUT2D eigenvalue weighted by Gasteiger charge is 2.14. The van der Waals surface area contributed by atoms with Gasteiger partial charge in [0, 0.05) is 23.6 Å². The molecule has 2 heterocycles. The van der Waals surface area contributed by atoms with Crippen LogP contribution in [0.2, 0.25) is 0 Å². The monoisotopic (exact) mass is 312 g/mol. The van der Waals surface area contributed by atoms with Crippen LogP contribution < -0.4 is 4.74 Å². The lowest BCUT2D eigenvalue weighted by atomic mass is 10.2. The van der Waals surface area contributed by atoms with Crippen LogP contribution in [0.4, 0.5) is 0 Å². The summed E-state index contributed by atoms with van der Waals surface area (Å²) in [6.45, 7) is 2.63. The van der Waals surface area contributed by atoms with Crippen LogP contribution in [0.1, 0.15) is 6.92 Å². The molecule has 0 radical (unpaired) electrons. The number of rotatable bonds is 5. The van der Waals surface area contributed by atoms with E-state index in [1.54, 1.807) is 24.2 Å². The van der Waals surface area contributed by atoms with E-state index in [0.29, 0.717) is 6.61 Å². The molecule has 0 fully saturated rings. The van der Waals surface area contributed by atoms with Gasteiger partial charge in [0.15, 0.2) is 11.0 Å². The first-order valence-corrected chi connectivity index (χ1v) is 8.19. The Labute approximate surface area is 133 Å². The molecule has 0 saturated carbocycles. The van der Waals surface area contributed by atoms with E-state index in [-0.39, 0.29) is 0 Å². The summed E-state index contributed by atoms with van der Waals surface area (Å²) in [6.07, 6.45) is 5.50. The van der Waals surface area contributed by atoms with Crippen LogP contribution in [-0.4, -0.2) is 32.6 Å². The van der Waals surface area contributed by atoms with Gasteiger partial charge in [0.1, 0.15) is 5.75 Å². The molecule has 112 valence electrons. The second kappa shape index (κ2) is 6.62. The van der Waals surface area contributed by atoms with Crippen LogP contribution in [0, 0.1) is 0 Å². The molecular weight excluding hydrogens is 296 g/mol. The van der Waals surface area contributed by atoms with E-state index in [1.807, 2.05) is 54.1 Å². The molecule has 22 heavy (non-hydrogen) atoms. The second-order valence-electron chi connectivity index (χ2n) is 4.51. The molecule has 0 N–H and O–H groups in total. The molecular formula is C16H16N4OS. The maximum absolute atomic E-state index is 5.50. The Morgan fingerprint density at radius 3 is 2.41 bits per heavy atom. The van der Waals surface area contributed by atoms with Gasteiger partial charge in [0.2, 0.25) is 0 Å². The van der Waals surface area contributed by atoms with E-state index >= 15 is 0 Å². The quantitative estimate of drug-likeness (QED) is 0.675. The molecule has 0 atom stereocenters. The fourth-order valence-electron chi connectivity index (χ4n) is 2.18. The second-order valence-corrected chi connectivity index (χ2v) is 5.28. The minimum Gasteiger partial charge on any atom is -0.494 e. The van der Waals surface area contributed by atoms with E-state index in [4.69, 9.17) is 4.74 Å². The standard InChI is InChI=1S/C16H16N4OS/c1-3-21-14-6-4-13(5-7-14)20-15(18-19-16(20)22-2)12-8-10-17-11-9-12/h4-11H,3H2,1-2H3. The van der Waals surface area contributed by atoms with Crippen molar-refractivity contribution in [1.82, 2.24) is 19.7 Å². The zero-order chi connectivity index (χ0) is 15.4. The van der Waals surface area contributed by atoms with Gasteiger partial charge in [-0.15, -0.1) is 10.2 Å². The Hall–Kier alpha value is -2.34. The third-order valence-corrected chi connectivity index (χ3v) is 3.79. The van der Waals surface area contributed by atoms with E-state index < -0.39 is 0 Å². The molecule has 3 aromatic rings. The van der Waals surface area contributed by atoms with Crippen LogP contribution in [0.15, 0.2) is 53.9 Å². The van der Waals surface area contributed by atoms with Gasteiger partial charge in [0.05, 0.1) is 6.61 Å². The van der Waals surface area contributed by atoms with Gasteiger partial charge in [-0.3, -0.25) is 9.55 Å². The number of nitrogens with zero attached hydrogens (tertiary/aromatic N) is 4. The first kappa shape index (κ1) is 14.6. The molecule has 0 amide bonds. The summed E-state index contributed by atoms with van der Waals surface area (Å²) in [5, 5.41) is 9.44. The molecule has 6 heteroatoms. The smallest absolute Gasteiger partial charge is 0.195 e. The van der Waals surface area contributed by atoms with E-state index in [9.17, 15) is 0 Å². The van der Waals surface area contributed by atoms with Gasteiger partial charge in [-0.25, -0.2) is 0 Å². The van der Waals surface area contributed by atoms with Gasteiger partial charge in [-0.2, -0.15) is 0 Å². The lowest BCUT2D eigenvalue weighted by Crippen LogP contribution is -2.00. The molecule has 0 aliphatic carbocycles. The number of benzene rings is 1. The predicted octanol–water partition coefficient (Wildman–Crippen LogP) is 3.45. The van der Waals surface area contributed by atoms with Crippen molar-refractivity contribution in [3.63, 3.8) is 0 Å². The normalized spacial score (nSPS) is 10.6. The highest BCUT2D eigenvalue weighted by Crippen LogP contribution is 2.27. The summed E-state index contributed by atoms with van der Waals surface area (Å²) in [4.78, 5) is 4.05. The third-order valence-electron chi connectivity index (χ3n) is 3.16. The SMILES string of the molecule is CCOc1ccc(-n2c(SC)nnc2-c2ccncc2)cc1. The van der Waals surface area contributed by atoms with Gasteiger partial charge in [-0.1, -0.05) is 11.8 Å². The summed E-state index contributed by atoms with van der Waals surface area (Å²) < 4.78 is 7.53. The predicted molar refractivity (Wildman–Crippen MR) is 87.5 cm³/mol. The van der Waals surface area contributed by atoms with Crippen molar-refractivity contribution in [3.05, 3.63) is 48.8 Å². The average molecular weight is 312 g/mol.